The molecule has 0 unspecified atom stereocenters. The van der Waals surface area contributed by atoms with Gasteiger partial charge in [-0.3, -0.25) is 0 Å². The summed E-state index contributed by atoms with van der Waals surface area (Å²) in [6, 6.07) is 76.6. The average Bonchev–Trinajstić information content (AvgIpc) is 1.56. The number of benzene rings is 10. The zero-order valence-corrected chi connectivity index (χ0v) is 61.2. The molecule has 0 spiro atoms. The Balaban J connectivity index is 0.000000146. The predicted octanol–water partition coefficient (Wildman–Crippen LogP) is 23.1. The molecule has 0 aliphatic rings. The van der Waals surface area contributed by atoms with Crippen LogP contribution in [0.3, 0.4) is 0 Å². The Kier molecular flexibility index (Phi) is 20.8. The van der Waals surface area contributed by atoms with Crippen molar-refractivity contribution in [3.8, 4) is 68.3 Å². The van der Waals surface area contributed by atoms with Crippen LogP contribution in [-0.2, 0) is 0 Å². The molecule has 0 aliphatic heterocycles. The summed E-state index contributed by atoms with van der Waals surface area (Å²) in [6.07, 6.45) is 8.22. The van der Waals surface area contributed by atoms with E-state index in [-0.39, 0.29) is 5.28 Å². The predicted molar refractivity (Wildman–Crippen MR) is 409 cm³/mol. The Labute approximate surface area is 576 Å². The molecule has 14 aromatic rings. The SMILES string of the molecule is CCC[CH2][Sn]([CH2]CCC)([CH2]CCC)[c]1c(C)cc(-n2c3ccc(C)cc3c3cc(C)ccc32)cc1C.Cc1ccc2c(c1)c1cc(C)ccc1n2-c1cc(C)c(-c2nc(-c3ccccc3)nc(-c3ccccc3)n2)c(C)c1.Clc1nc(-c2ccccc2)nc(-c2ccccc2)n1. The van der Waals surface area contributed by atoms with Crippen molar-refractivity contribution in [3.05, 3.63) is 268 Å². The number of halogens is 1. The summed E-state index contributed by atoms with van der Waals surface area (Å²) in [7, 11) is 0. The van der Waals surface area contributed by atoms with Crippen LogP contribution in [0.4, 0.5) is 0 Å². The zero-order chi connectivity index (χ0) is 67.0. The van der Waals surface area contributed by atoms with Crippen LogP contribution in [0.15, 0.2) is 218 Å². The molecular weight excluding hydrogens is 1300 g/mol. The van der Waals surface area contributed by atoms with Crippen LogP contribution in [0.2, 0.25) is 18.6 Å². The number of hydrogen-bond donors (Lipinski definition) is 0. The molecule has 0 radical (unpaired) electrons. The number of fused-ring (bicyclic) bond motifs is 6. The van der Waals surface area contributed by atoms with Crippen molar-refractivity contribution in [2.24, 2.45) is 0 Å². The molecule has 0 fully saturated rings. The van der Waals surface area contributed by atoms with Gasteiger partial charge in [0.1, 0.15) is 0 Å². The molecule has 0 saturated carbocycles. The van der Waals surface area contributed by atoms with Crippen LogP contribution >= 0.6 is 11.6 Å². The van der Waals surface area contributed by atoms with Gasteiger partial charge in [0, 0.05) is 44.3 Å². The van der Waals surface area contributed by atoms with E-state index in [1.165, 1.54) is 123 Å². The van der Waals surface area contributed by atoms with Gasteiger partial charge in [-0.25, -0.2) is 19.9 Å². The summed E-state index contributed by atoms with van der Waals surface area (Å²) >= 11 is 3.47. The topological polar surface area (TPSA) is 87.2 Å². The largest absolute Gasteiger partial charge is 0.309 e. The molecule has 0 aliphatic carbocycles. The number of unbranched alkanes of at least 4 members (excludes halogenated alkanes) is 3. The first-order valence-electron chi connectivity index (χ1n) is 34.3. The monoisotopic (exact) mass is 1390 g/mol. The van der Waals surface area contributed by atoms with E-state index in [0.29, 0.717) is 29.1 Å². The molecule has 0 N–H and O–H groups in total. The minimum atomic E-state index is -2.52. The molecule has 10 heteroatoms. The Morgan fingerprint density at radius 3 is 0.875 bits per heavy atom. The molecule has 10 aromatic carbocycles. The molecule has 96 heavy (non-hydrogen) atoms. The molecule has 0 bridgehead atoms. The summed E-state index contributed by atoms with van der Waals surface area (Å²) in [4.78, 5) is 27.7. The maximum Gasteiger partial charge on any atom is 0.226 e. The molecule has 4 aromatic heterocycles. The van der Waals surface area contributed by atoms with E-state index in [9.17, 15) is 0 Å². The molecule has 0 saturated heterocycles. The van der Waals surface area contributed by atoms with Gasteiger partial charge in [-0.1, -0.05) is 145 Å². The molecule has 0 amide bonds. The van der Waals surface area contributed by atoms with E-state index < -0.39 is 18.4 Å². The summed E-state index contributed by atoms with van der Waals surface area (Å²) < 4.78 is 11.3. The van der Waals surface area contributed by atoms with E-state index in [4.69, 9.17) is 26.6 Å². The molecule has 14 rings (SSSR count). The number of aromatic nitrogens is 8. The number of rotatable bonds is 17. The fourth-order valence-corrected chi connectivity index (χ4v) is 32.8. The second-order valence-corrected chi connectivity index (χ2v) is 39.6. The molecule has 482 valence electrons. The van der Waals surface area contributed by atoms with E-state index in [2.05, 4.69) is 197 Å². The number of aryl methyl sites for hydroxylation is 8. The van der Waals surface area contributed by atoms with Gasteiger partial charge in [0.15, 0.2) is 29.1 Å². The van der Waals surface area contributed by atoms with Crippen molar-refractivity contribution in [1.29, 1.82) is 0 Å². The molecular formula is C86H87ClN8Sn. The fourth-order valence-electron chi connectivity index (χ4n) is 14.4. The van der Waals surface area contributed by atoms with Crippen molar-refractivity contribution in [2.75, 3.05) is 0 Å². The van der Waals surface area contributed by atoms with Gasteiger partial charge >= 0.3 is 225 Å². The van der Waals surface area contributed by atoms with Gasteiger partial charge in [-0.2, -0.15) is 9.97 Å². The first-order valence-corrected chi connectivity index (χ1v) is 42.2. The summed E-state index contributed by atoms with van der Waals surface area (Å²) in [5, 5.41) is 5.50. The molecule has 4 heterocycles. The van der Waals surface area contributed by atoms with Crippen LogP contribution in [0.5, 0.6) is 0 Å². The van der Waals surface area contributed by atoms with Crippen molar-refractivity contribution in [1.82, 2.24) is 39.0 Å². The molecule has 8 nitrogen and oxygen atoms in total. The second-order valence-electron chi connectivity index (χ2n) is 26.3. The summed E-state index contributed by atoms with van der Waals surface area (Å²) in [6.45, 7) is 25.0. The average molecular weight is 1390 g/mol. The Bertz CT molecular complexity index is 4760. The van der Waals surface area contributed by atoms with Crippen LogP contribution in [0, 0.1) is 55.4 Å². The van der Waals surface area contributed by atoms with Crippen molar-refractivity contribution in [2.45, 2.75) is 128 Å². The van der Waals surface area contributed by atoms with Crippen LogP contribution < -0.4 is 3.58 Å². The Hall–Kier alpha value is -9.09. The van der Waals surface area contributed by atoms with E-state index >= 15 is 0 Å². The maximum absolute atomic E-state index is 5.99. The van der Waals surface area contributed by atoms with Gasteiger partial charge in [-0.05, 0) is 86.8 Å². The van der Waals surface area contributed by atoms with E-state index in [1.54, 1.807) is 11.1 Å². The van der Waals surface area contributed by atoms with Crippen LogP contribution in [-0.4, -0.2) is 57.4 Å². The normalized spacial score (nSPS) is 11.5. The third-order valence-electron chi connectivity index (χ3n) is 18.9. The summed E-state index contributed by atoms with van der Waals surface area (Å²) in [5.74, 6) is 3.20. The van der Waals surface area contributed by atoms with Crippen molar-refractivity contribution >= 4 is 77.2 Å². The van der Waals surface area contributed by atoms with Gasteiger partial charge in [0.05, 0.1) is 11.0 Å². The van der Waals surface area contributed by atoms with Gasteiger partial charge in [0.2, 0.25) is 5.28 Å². The maximum atomic E-state index is 5.99. The first kappa shape index (κ1) is 66.9. The number of hydrogen-bond acceptors (Lipinski definition) is 6. The smallest absolute Gasteiger partial charge is 0.226 e. The first-order chi connectivity index (χ1) is 46.6. The van der Waals surface area contributed by atoms with Gasteiger partial charge in [0.25, 0.3) is 0 Å². The minimum absolute atomic E-state index is 0.202. The number of nitrogens with zero attached hydrogens (tertiary/aromatic N) is 8. The van der Waals surface area contributed by atoms with E-state index in [0.717, 1.165) is 44.6 Å². The quantitative estimate of drug-likeness (QED) is 0.0844. The van der Waals surface area contributed by atoms with Crippen molar-refractivity contribution < 1.29 is 0 Å². The second kappa shape index (κ2) is 29.9. The Morgan fingerprint density at radius 2 is 0.583 bits per heavy atom. The standard InChI is InChI=1S/C37H30N4.C22H20N.C15H10ClN3.3C4H9.Sn/c1-23-15-17-32-30(19-23)31-20-24(2)16-18-33(31)41(32)29-21-25(3)34(26(4)22-29)37-39-35(27-11-7-5-8-12-27)38-36(40-37)28-13-9-6-10-14-28;1-14-5-7-21-19(12-14)20-13-15(2)6-8-22(20)23(21)18-10-16(3)9-17(4)11-18;16-15-18-13(11-7-3-1-4-8-11)17-14(19-15)12-9-5-2-6-10-12;3*1-3-4-2;/h5-22H,1-4H3;5-8,10-13H,1-4H3;1-10H;3*1,3-4H2,2H3;. The van der Waals surface area contributed by atoms with Gasteiger partial charge in [-0.15, -0.1) is 0 Å². The minimum Gasteiger partial charge on any atom is -0.309 e. The van der Waals surface area contributed by atoms with E-state index in [1.807, 2.05) is 125 Å². The fraction of sp³-hybridized carbons (Fsp3) is 0.233. The third kappa shape index (κ3) is 14.4. The van der Waals surface area contributed by atoms with Crippen molar-refractivity contribution in [3.63, 3.8) is 0 Å². The third-order valence-corrected chi connectivity index (χ3v) is 35.5. The summed E-state index contributed by atoms with van der Waals surface area (Å²) in [5.41, 5.74) is 22.9. The zero-order valence-electron chi connectivity index (χ0n) is 57.6. The molecule has 0 atom stereocenters. The van der Waals surface area contributed by atoms with Crippen LogP contribution in [0.1, 0.15) is 104 Å². The van der Waals surface area contributed by atoms with Crippen LogP contribution in [0.25, 0.3) is 112 Å². The Morgan fingerprint density at radius 1 is 0.312 bits per heavy atom. The van der Waals surface area contributed by atoms with Gasteiger partial charge < -0.3 is 4.57 Å².